The van der Waals surface area contributed by atoms with E-state index in [2.05, 4.69) is 10.2 Å². The molecule has 1 aromatic rings. The highest BCUT2D eigenvalue weighted by Crippen LogP contribution is 2.23. The molecule has 0 unspecified atom stereocenters. The first-order valence-corrected chi connectivity index (χ1v) is 4.52. The fraction of sp³-hybridized carbons (Fsp3) is 0.429. The first kappa shape index (κ1) is 9.12. The highest BCUT2D eigenvalue weighted by Gasteiger charge is 2.07. The first-order chi connectivity index (χ1) is 5.61. The molecule has 66 valence electrons. The minimum absolute atomic E-state index is 0.306. The molecule has 0 fully saturated rings. The van der Waals surface area contributed by atoms with E-state index in [1.807, 2.05) is 13.8 Å². The summed E-state index contributed by atoms with van der Waals surface area (Å²) >= 11 is 1.42. The van der Waals surface area contributed by atoms with E-state index in [1.165, 1.54) is 11.8 Å². The number of amides is 1. The van der Waals surface area contributed by atoms with Gasteiger partial charge in [-0.05, 0) is 13.8 Å². The second-order valence-corrected chi connectivity index (χ2v) is 3.50. The molecule has 0 spiro atoms. The Morgan fingerprint density at radius 3 is 2.75 bits per heavy atom. The number of nitrogens with two attached hydrogens (primary N) is 1. The molecule has 12 heavy (non-hydrogen) atoms. The van der Waals surface area contributed by atoms with Crippen molar-refractivity contribution in [2.24, 2.45) is 5.73 Å². The van der Waals surface area contributed by atoms with Crippen LogP contribution in [0.3, 0.4) is 0 Å². The lowest BCUT2D eigenvalue weighted by Gasteiger charge is -1.96. The summed E-state index contributed by atoms with van der Waals surface area (Å²) in [5, 5.41) is 6.83. The maximum atomic E-state index is 10.5. The van der Waals surface area contributed by atoms with Crippen LogP contribution < -0.4 is 5.73 Å². The Balaban J connectivity index is 2.68. The number of aryl methyl sites for hydroxylation is 2. The largest absolute Gasteiger partial charge is 0.369 e. The molecule has 1 heterocycles. The van der Waals surface area contributed by atoms with Gasteiger partial charge < -0.3 is 5.73 Å². The standard InChI is InChI=1S/C7H11N3OS/c1-4-7(5(2)10-9-4)12-3-6(8)11/h3H2,1-2H3,(H2,8,11)(H,9,10). The Hall–Kier alpha value is -0.970. The summed E-state index contributed by atoms with van der Waals surface area (Å²) in [6, 6.07) is 0. The van der Waals surface area contributed by atoms with Gasteiger partial charge in [0.1, 0.15) is 0 Å². The highest BCUT2D eigenvalue weighted by molar-refractivity contribution is 8.00. The summed E-state index contributed by atoms with van der Waals surface area (Å²) in [7, 11) is 0. The molecule has 0 radical (unpaired) electrons. The topological polar surface area (TPSA) is 71.8 Å². The van der Waals surface area contributed by atoms with Gasteiger partial charge in [0.05, 0.1) is 16.3 Å². The van der Waals surface area contributed by atoms with Crippen molar-refractivity contribution >= 4 is 17.7 Å². The van der Waals surface area contributed by atoms with Gasteiger partial charge in [0, 0.05) is 5.69 Å². The van der Waals surface area contributed by atoms with Crippen LogP contribution in [0.15, 0.2) is 4.90 Å². The minimum atomic E-state index is -0.306. The van der Waals surface area contributed by atoms with Crippen molar-refractivity contribution in [1.82, 2.24) is 10.2 Å². The van der Waals surface area contributed by atoms with Crippen LogP contribution in [0.25, 0.3) is 0 Å². The van der Waals surface area contributed by atoms with Crippen LogP contribution in [0, 0.1) is 13.8 Å². The molecular weight excluding hydrogens is 174 g/mol. The number of thioether (sulfide) groups is 1. The molecule has 0 saturated carbocycles. The zero-order valence-electron chi connectivity index (χ0n) is 7.05. The predicted molar refractivity (Wildman–Crippen MR) is 48.0 cm³/mol. The average molecular weight is 185 g/mol. The first-order valence-electron chi connectivity index (χ1n) is 3.54. The van der Waals surface area contributed by atoms with Crippen LogP contribution in [-0.2, 0) is 4.79 Å². The summed E-state index contributed by atoms with van der Waals surface area (Å²) in [6.45, 7) is 3.82. The zero-order chi connectivity index (χ0) is 9.14. The molecule has 4 nitrogen and oxygen atoms in total. The molecule has 0 aliphatic heterocycles. The Morgan fingerprint density at radius 2 is 2.33 bits per heavy atom. The lowest BCUT2D eigenvalue weighted by molar-refractivity contribution is -0.115. The number of hydrogen-bond donors (Lipinski definition) is 2. The third-order valence-corrected chi connectivity index (χ3v) is 2.74. The van der Waals surface area contributed by atoms with Crippen LogP contribution >= 0.6 is 11.8 Å². The van der Waals surface area contributed by atoms with Gasteiger partial charge in [-0.1, -0.05) is 0 Å². The van der Waals surface area contributed by atoms with Crippen LogP contribution in [0.4, 0.5) is 0 Å². The fourth-order valence-electron chi connectivity index (χ4n) is 0.897. The predicted octanol–water partition coefficient (Wildman–Crippen LogP) is 0.604. The number of aromatic amines is 1. The lowest BCUT2D eigenvalue weighted by atomic mass is 10.4. The number of aromatic nitrogens is 2. The van der Waals surface area contributed by atoms with Gasteiger partial charge in [-0.3, -0.25) is 9.89 Å². The number of nitrogens with one attached hydrogen (secondary N) is 1. The molecule has 5 heteroatoms. The third-order valence-electron chi connectivity index (χ3n) is 1.42. The average Bonchev–Trinajstić information content (AvgIpc) is 2.28. The number of carbonyl (C=O) groups is 1. The van der Waals surface area contributed by atoms with Crippen molar-refractivity contribution in [2.75, 3.05) is 5.75 Å². The van der Waals surface area contributed by atoms with E-state index < -0.39 is 0 Å². The summed E-state index contributed by atoms with van der Waals surface area (Å²) < 4.78 is 0. The van der Waals surface area contributed by atoms with E-state index in [-0.39, 0.29) is 5.91 Å². The van der Waals surface area contributed by atoms with Crippen LogP contribution in [-0.4, -0.2) is 21.9 Å². The molecule has 1 rings (SSSR count). The van der Waals surface area contributed by atoms with Crippen molar-refractivity contribution in [3.05, 3.63) is 11.4 Å². The Kier molecular flexibility index (Phi) is 2.75. The highest BCUT2D eigenvalue weighted by atomic mass is 32.2. The number of rotatable bonds is 3. The Labute approximate surface area is 74.9 Å². The van der Waals surface area contributed by atoms with Crippen molar-refractivity contribution in [3.63, 3.8) is 0 Å². The molecule has 1 aromatic heterocycles. The Bertz CT molecular complexity index is 275. The minimum Gasteiger partial charge on any atom is -0.369 e. The van der Waals surface area contributed by atoms with Crippen LogP contribution in [0.1, 0.15) is 11.4 Å². The van der Waals surface area contributed by atoms with Gasteiger partial charge in [0.2, 0.25) is 5.91 Å². The molecular formula is C7H11N3OS. The van der Waals surface area contributed by atoms with Crippen molar-refractivity contribution in [2.45, 2.75) is 18.7 Å². The quantitative estimate of drug-likeness (QED) is 0.677. The number of carbonyl (C=O) groups excluding carboxylic acids is 1. The smallest absolute Gasteiger partial charge is 0.227 e. The van der Waals surface area contributed by atoms with E-state index in [0.29, 0.717) is 5.75 Å². The number of nitrogens with zero attached hydrogens (tertiary/aromatic N) is 1. The summed E-state index contributed by atoms with van der Waals surface area (Å²) in [5.74, 6) is 0.00120. The van der Waals surface area contributed by atoms with Gasteiger partial charge in [-0.2, -0.15) is 5.10 Å². The lowest BCUT2D eigenvalue weighted by Crippen LogP contribution is -2.13. The SMILES string of the molecule is Cc1n[nH]c(C)c1SCC(N)=O. The normalized spacial score (nSPS) is 10.2. The van der Waals surface area contributed by atoms with Gasteiger partial charge in [-0.15, -0.1) is 11.8 Å². The van der Waals surface area contributed by atoms with Gasteiger partial charge in [0.15, 0.2) is 0 Å². The molecule has 3 N–H and O–H groups in total. The number of hydrogen-bond acceptors (Lipinski definition) is 3. The molecule has 0 aromatic carbocycles. The van der Waals surface area contributed by atoms with E-state index >= 15 is 0 Å². The van der Waals surface area contributed by atoms with Crippen LogP contribution in [0.2, 0.25) is 0 Å². The molecule has 1 amide bonds. The summed E-state index contributed by atoms with van der Waals surface area (Å²) in [5.41, 5.74) is 6.92. The van der Waals surface area contributed by atoms with E-state index in [0.717, 1.165) is 16.3 Å². The Morgan fingerprint density at radius 1 is 1.67 bits per heavy atom. The zero-order valence-corrected chi connectivity index (χ0v) is 7.86. The van der Waals surface area contributed by atoms with Crippen LogP contribution in [0.5, 0.6) is 0 Å². The molecule has 0 saturated heterocycles. The maximum absolute atomic E-state index is 10.5. The summed E-state index contributed by atoms with van der Waals surface area (Å²) in [6.07, 6.45) is 0. The summed E-state index contributed by atoms with van der Waals surface area (Å²) in [4.78, 5) is 11.5. The van der Waals surface area contributed by atoms with Gasteiger partial charge in [-0.25, -0.2) is 0 Å². The van der Waals surface area contributed by atoms with Crippen molar-refractivity contribution in [3.8, 4) is 0 Å². The monoisotopic (exact) mass is 185 g/mol. The fourth-order valence-corrected chi connectivity index (χ4v) is 1.70. The number of primary amides is 1. The second kappa shape index (κ2) is 3.62. The third kappa shape index (κ3) is 2.01. The maximum Gasteiger partial charge on any atom is 0.227 e. The van der Waals surface area contributed by atoms with E-state index in [9.17, 15) is 4.79 Å². The van der Waals surface area contributed by atoms with E-state index in [4.69, 9.17) is 5.73 Å². The number of H-pyrrole nitrogens is 1. The van der Waals surface area contributed by atoms with Crippen molar-refractivity contribution in [1.29, 1.82) is 0 Å². The molecule has 0 aliphatic rings. The van der Waals surface area contributed by atoms with Gasteiger partial charge >= 0.3 is 0 Å². The molecule has 0 bridgehead atoms. The van der Waals surface area contributed by atoms with Gasteiger partial charge in [0.25, 0.3) is 0 Å². The van der Waals surface area contributed by atoms with Crippen molar-refractivity contribution < 1.29 is 4.79 Å². The molecule has 0 aliphatic carbocycles. The molecule has 0 atom stereocenters. The van der Waals surface area contributed by atoms with E-state index in [1.54, 1.807) is 0 Å². The second-order valence-electron chi connectivity index (χ2n) is 2.52.